The number of nitrogens with two attached hydrogens (primary N) is 2. The summed E-state index contributed by atoms with van der Waals surface area (Å²) in [5.41, 5.74) is 11.0. The first kappa shape index (κ1) is 15.1. The second-order valence-electron chi connectivity index (χ2n) is 4.42. The number of methoxy groups -OCH3 is 1. The molecule has 0 aromatic carbocycles. The molecular formula is C9H18Cl2N2O2. The van der Waals surface area contributed by atoms with Crippen molar-refractivity contribution in [3.8, 4) is 0 Å². The SMILES string of the molecule is CO[C@H]1C[C@]2(N)CC[C@@]1(N)CC2=O.Cl.Cl. The third-order valence-electron chi connectivity index (χ3n) is 3.56. The Kier molecular flexibility index (Phi) is 4.59. The van der Waals surface area contributed by atoms with Crippen LogP contribution in [0.1, 0.15) is 25.7 Å². The van der Waals surface area contributed by atoms with E-state index in [1.54, 1.807) is 7.11 Å². The average molecular weight is 257 g/mol. The fourth-order valence-corrected chi connectivity index (χ4v) is 2.50. The van der Waals surface area contributed by atoms with Crippen LogP contribution in [0.15, 0.2) is 0 Å². The predicted molar refractivity (Wildman–Crippen MR) is 62.6 cm³/mol. The van der Waals surface area contributed by atoms with Crippen LogP contribution in [-0.4, -0.2) is 30.1 Å². The summed E-state index contributed by atoms with van der Waals surface area (Å²) in [7, 11) is 1.63. The Morgan fingerprint density at radius 2 is 1.93 bits per heavy atom. The van der Waals surface area contributed by atoms with Crippen LogP contribution in [0.25, 0.3) is 0 Å². The molecule has 4 nitrogen and oxygen atoms in total. The van der Waals surface area contributed by atoms with Gasteiger partial charge in [0.2, 0.25) is 0 Å². The second-order valence-corrected chi connectivity index (χ2v) is 4.42. The van der Waals surface area contributed by atoms with E-state index in [-0.39, 0.29) is 36.7 Å². The van der Waals surface area contributed by atoms with E-state index in [1.807, 2.05) is 0 Å². The lowest BCUT2D eigenvalue weighted by molar-refractivity contribution is -0.141. The Morgan fingerprint density at radius 1 is 1.33 bits per heavy atom. The van der Waals surface area contributed by atoms with Crippen LogP contribution in [0, 0.1) is 0 Å². The van der Waals surface area contributed by atoms with Gasteiger partial charge in [-0.05, 0) is 12.8 Å². The normalized spacial score (nSPS) is 43.1. The van der Waals surface area contributed by atoms with Crippen molar-refractivity contribution in [2.75, 3.05) is 7.11 Å². The smallest absolute Gasteiger partial charge is 0.154 e. The highest BCUT2D eigenvalue weighted by molar-refractivity contribution is 5.91. The molecule has 3 saturated carbocycles. The first-order chi connectivity index (χ1) is 6.00. The molecule has 0 aromatic heterocycles. The summed E-state index contributed by atoms with van der Waals surface area (Å²) in [5, 5.41) is 0. The van der Waals surface area contributed by atoms with Crippen molar-refractivity contribution in [1.82, 2.24) is 0 Å². The van der Waals surface area contributed by atoms with E-state index in [4.69, 9.17) is 16.2 Å². The Bertz CT molecular complexity index is 264. The van der Waals surface area contributed by atoms with Crippen molar-refractivity contribution in [2.24, 2.45) is 11.5 Å². The largest absolute Gasteiger partial charge is 0.379 e. The van der Waals surface area contributed by atoms with Gasteiger partial charge in [-0.2, -0.15) is 0 Å². The van der Waals surface area contributed by atoms with Gasteiger partial charge in [-0.1, -0.05) is 0 Å². The van der Waals surface area contributed by atoms with Crippen molar-refractivity contribution in [3.63, 3.8) is 0 Å². The van der Waals surface area contributed by atoms with Crippen LogP contribution in [0.2, 0.25) is 0 Å². The van der Waals surface area contributed by atoms with E-state index in [0.29, 0.717) is 19.3 Å². The molecule has 3 atom stereocenters. The first-order valence-electron chi connectivity index (χ1n) is 4.64. The van der Waals surface area contributed by atoms with Gasteiger partial charge in [0, 0.05) is 25.5 Å². The second kappa shape index (κ2) is 4.55. The Morgan fingerprint density at radius 3 is 2.40 bits per heavy atom. The summed E-state index contributed by atoms with van der Waals surface area (Å²) in [6.07, 6.45) is 2.42. The molecule has 0 radical (unpaired) electrons. The minimum atomic E-state index is -0.651. The summed E-state index contributed by atoms with van der Waals surface area (Å²) in [6, 6.07) is 0. The zero-order valence-corrected chi connectivity index (χ0v) is 10.3. The molecule has 2 bridgehead atoms. The monoisotopic (exact) mass is 256 g/mol. The third kappa shape index (κ3) is 2.15. The Labute approximate surface area is 102 Å². The zero-order valence-electron chi connectivity index (χ0n) is 8.69. The lowest BCUT2D eigenvalue weighted by Crippen LogP contribution is -2.71. The van der Waals surface area contributed by atoms with Crippen molar-refractivity contribution < 1.29 is 9.53 Å². The molecule has 4 N–H and O–H groups in total. The summed E-state index contributed by atoms with van der Waals surface area (Å²) in [6.45, 7) is 0. The third-order valence-corrected chi connectivity index (χ3v) is 3.56. The number of Topliss-reactive ketones (excluding diaryl/α,β-unsaturated/α-hetero) is 1. The van der Waals surface area contributed by atoms with Gasteiger partial charge in [0.05, 0.1) is 11.6 Å². The summed E-state index contributed by atoms with van der Waals surface area (Å²) >= 11 is 0. The van der Waals surface area contributed by atoms with Gasteiger partial charge < -0.3 is 16.2 Å². The molecule has 0 saturated heterocycles. The minimum Gasteiger partial charge on any atom is -0.379 e. The van der Waals surface area contributed by atoms with Gasteiger partial charge in [-0.25, -0.2) is 0 Å². The number of ether oxygens (including phenoxy) is 1. The number of carbonyl (C=O) groups is 1. The van der Waals surface area contributed by atoms with Gasteiger partial charge in [-0.15, -0.1) is 24.8 Å². The molecule has 0 spiro atoms. The van der Waals surface area contributed by atoms with E-state index in [1.165, 1.54) is 0 Å². The highest BCUT2D eigenvalue weighted by Crippen LogP contribution is 2.43. The van der Waals surface area contributed by atoms with Gasteiger partial charge in [0.25, 0.3) is 0 Å². The number of ketones is 1. The number of hydrogen-bond acceptors (Lipinski definition) is 4. The Hall–Kier alpha value is 0.130. The standard InChI is InChI=1S/C9H16N2O2.2ClH/c1-13-7-5-8(10)2-3-9(7,11)4-6(8)12;;/h7H,2-5,10-11H2,1H3;2*1H/t7-,8+,9+;;/m0../s1. The van der Waals surface area contributed by atoms with Crippen molar-refractivity contribution in [2.45, 2.75) is 42.9 Å². The molecule has 0 amide bonds. The van der Waals surface area contributed by atoms with E-state index < -0.39 is 11.1 Å². The van der Waals surface area contributed by atoms with E-state index in [9.17, 15) is 4.79 Å². The van der Waals surface area contributed by atoms with Crippen LogP contribution < -0.4 is 11.5 Å². The highest BCUT2D eigenvalue weighted by atomic mass is 35.5. The topological polar surface area (TPSA) is 78.3 Å². The lowest BCUT2D eigenvalue weighted by atomic mass is 9.60. The van der Waals surface area contributed by atoms with Crippen molar-refractivity contribution >= 4 is 30.6 Å². The maximum Gasteiger partial charge on any atom is 0.154 e. The van der Waals surface area contributed by atoms with Crippen LogP contribution in [-0.2, 0) is 9.53 Å². The zero-order chi connectivity index (χ0) is 9.69. The number of halogens is 2. The maximum atomic E-state index is 11.6. The average Bonchev–Trinajstić information content (AvgIpc) is 2.08. The molecule has 3 fully saturated rings. The van der Waals surface area contributed by atoms with E-state index >= 15 is 0 Å². The van der Waals surface area contributed by atoms with Crippen molar-refractivity contribution in [3.05, 3.63) is 0 Å². The number of carbonyl (C=O) groups excluding carboxylic acids is 1. The molecule has 15 heavy (non-hydrogen) atoms. The molecule has 90 valence electrons. The molecule has 3 aliphatic carbocycles. The molecular weight excluding hydrogens is 239 g/mol. The molecule has 0 unspecified atom stereocenters. The molecule has 0 heterocycles. The van der Waals surface area contributed by atoms with Gasteiger partial charge in [0.15, 0.2) is 5.78 Å². The van der Waals surface area contributed by atoms with Crippen LogP contribution in [0.3, 0.4) is 0 Å². The van der Waals surface area contributed by atoms with E-state index in [2.05, 4.69) is 0 Å². The van der Waals surface area contributed by atoms with Crippen LogP contribution in [0.5, 0.6) is 0 Å². The van der Waals surface area contributed by atoms with Gasteiger partial charge >= 0.3 is 0 Å². The number of fused-ring (bicyclic) bond motifs is 3. The summed E-state index contributed by atoms with van der Waals surface area (Å²) in [5.74, 6) is 0.106. The quantitative estimate of drug-likeness (QED) is 0.712. The maximum absolute atomic E-state index is 11.6. The molecule has 0 aromatic rings. The number of rotatable bonds is 1. The first-order valence-corrected chi connectivity index (χ1v) is 4.64. The van der Waals surface area contributed by atoms with Crippen LogP contribution >= 0.6 is 24.8 Å². The fourth-order valence-electron chi connectivity index (χ4n) is 2.50. The number of hydrogen-bond donors (Lipinski definition) is 2. The predicted octanol–water partition coefficient (Wildman–Crippen LogP) is 0.397. The molecule has 3 rings (SSSR count). The molecule has 6 heteroatoms. The van der Waals surface area contributed by atoms with Gasteiger partial charge in [-0.3, -0.25) is 4.79 Å². The molecule has 3 aliphatic rings. The van der Waals surface area contributed by atoms with Gasteiger partial charge in [0.1, 0.15) is 0 Å². The Balaban J connectivity index is 0.000000980. The van der Waals surface area contributed by atoms with Crippen LogP contribution in [0.4, 0.5) is 0 Å². The minimum absolute atomic E-state index is 0. The fraction of sp³-hybridized carbons (Fsp3) is 0.889. The summed E-state index contributed by atoms with van der Waals surface area (Å²) in [4.78, 5) is 11.6. The molecule has 0 aliphatic heterocycles. The summed E-state index contributed by atoms with van der Waals surface area (Å²) < 4.78 is 5.28. The van der Waals surface area contributed by atoms with E-state index in [0.717, 1.165) is 6.42 Å². The lowest BCUT2D eigenvalue weighted by Gasteiger charge is -2.52. The van der Waals surface area contributed by atoms with Crippen molar-refractivity contribution in [1.29, 1.82) is 0 Å². The highest BCUT2D eigenvalue weighted by Gasteiger charge is 2.56.